The molecule has 2 atom stereocenters. The Labute approximate surface area is 98.8 Å². The molecule has 2 aliphatic rings. The maximum Gasteiger partial charge on any atom is 0.144 e. The second-order valence-electron chi connectivity index (χ2n) is 5.27. The van der Waals surface area contributed by atoms with E-state index in [-0.39, 0.29) is 17.4 Å². The molecular formula is C11H17BrN2O. The van der Waals surface area contributed by atoms with E-state index in [1.165, 1.54) is 0 Å². The molecule has 3 nitrogen and oxygen atoms in total. The smallest absolute Gasteiger partial charge is 0.144 e. The topological polar surface area (TPSA) is 41.5 Å². The molecule has 0 saturated heterocycles. The summed E-state index contributed by atoms with van der Waals surface area (Å²) < 4.78 is 0. The summed E-state index contributed by atoms with van der Waals surface area (Å²) in [5.74, 6) is 0.413. The number of alkyl halides is 1. The van der Waals surface area contributed by atoms with Crippen molar-refractivity contribution in [1.29, 1.82) is 0 Å². The molecular weight excluding hydrogens is 256 g/mol. The van der Waals surface area contributed by atoms with E-state index >= 15 is 0 Å². The molecule has 0 radical (unpaired) electrons. The van der Waals surface area contributed by atoms with Crippen LogP contribution in [0.2, 0.25) is 0 Å². The van der Waals surface area contributed by atoms with Crippen molar-refractivity contribution in [2.24, 2.45) is 16.4 Å². The molecule has 1 saturated carbocycles. The van der Waals surface area contributed by atoms with Crippen molar-refractivity contribution in [3.63, 3.8) is 0 Å². The van der Waals surface area contributed by atoms with Crippen molar-refractivity contribution in [2.75, 3.05) is 5.33 Å². The molecule has 84 valence electrons. The van der Waals surface area contributed by atoms with Gasteiger partial charge in [-0.2, -0.15) is 5.10 Å². The first-order valence-electron chi connectivity index (χ1n) is 5.44. The molecule has 15 heavy (non-hydrogen) atoms. The highest BCUT2D eigenvalue weighted by Gasteiger charge is 2.45. The maximum absolute atomic E-state index is 12.0. The number of nitrogens with one attached hydrogen (secondary N) is 1. The van der Waals surface area contributed by atoms with Crippen LogP contribution in [-0.2, 0) is 4.79 Å². The van der Waals surface area contributed by atoms with E-state index in [1.54, 1.807) is 0 Å². The first-order valence-corrected chi connectivity index (χ1v) is 6.56. The highest BCUT2D eigenvalue weighted by Crippen LogP contribution is 2.38. The van der Waals surface area contributed by atoms with Gasteiger partial charge in [-0.25, -0.2) is 0 Å². The van der Waals surface area contributed by atoms with Gasteiger partial charge < -0.3 is 5.43 Å². The third-order valence-corrected chi connectivity index (χ3v) is 3.65. The first kappa shape index (κ1) is 11.1. The predicted octanol–water partition coefficient (Wildman–Crippen LogP) is 2.10. The summed E-state index contributed by atoms with van der Waals surface area (Å²) in [4.78, 5) is 12.0. The molecule has 1 aliphatic heterocycles. The van der Waals surface area contributed by atoms with Gasteiger partial charge in [-0.3, -0.25) is 4.79 Å². The lowest BCUT2D eigenvalue weighted by atomic mass is 9.68. The second kappa shape index (κ2) is 3.89. The summed E-state index contributed by atoms with van der Waals surface area (Å²) in [5.41, 5.74) is 4.29. The minimum absolute atomic E-state index is 0.0515. The quantitative estimate of drug-likeness (QED) is 0.783. The Kier molecular flexibility index (Phi) is 2.88. The van der Waals surface area contributed by atoms with Gasteiger partial charge in [0.1, 0.15) is 5.78 Å². The fourth-order valence-electron chi connectivity index (χ4n) is 2.67. The van der Waals surface area contributed by atoms with E-state index in [1.807, 2.05) is 0 Å². The highest BCUT2D eigenvalue weighted by molar-refractivity contribution is 9.09. The van der Waals surface area contributed by atoms with Crippen LogP contribution < -0.4 is 5.43 Å². The Bertz CT molecular complexity index is 312. The van der Waals surface area contributed by atoms with Crippen LogP contribution >= 0.6 is 15.9 Å². The number of hydrogen-bond acceptors (Lipinski definition) is 3. The number of rotatable bonds is 2. The number of halogens is 1. The second-order valence-corrected chi connectivity index (χ2v) is 6.06. The van der Waals surface area contributed by atoms with Gasteiger partial charge in [0.15, 0.2) is 0 Å². The van der Waals surface area contributed by atoms with Crippen molar-refractivity contribution in [1.82, 2.24) is 5.43 Å². The predicted molar refractivity (Wildman–Crippen MR) is 64.3 cm³/mol. The monoisotopic (exact) mass is 272 g/mol. The van der Waals surface area contributed by atoms with Gasteiger partial charge in [-0.1, -0.05) is 29.8 Å². The lowest BCUT2D eigenvalue weighted by Crippen LogP contribution is -2.45. The fourth-order valence-corrected chi connectivity index (χ4v) is 3.08. The molecule has 0 aromatic rings. The molecule has 1 aliphatic carbocycles. The van der Waals surface area contributed by atoms with Crippen molar-refractivity contribution < 1.29 is 4.79 Å². The van der Waals surface area contributed by atoms with Crippen LogP contribution in [0, 0.1) is 11.3 Å². The zero-order valence-corrected chi connectivity index (χ0v) is 10.8. The average Bonchev–Trinajstić information content (AvgIpc) is 2.46. The van der Waals surface area contributed by atoms with Gasteiger partial charge in [-0.05, 0) is 18.3 Å². The molecule has 1 heterocycles. The molecule has 0 amide bonds. The summed E-state index contributed by atoms with van der Waals surface area (Å²) in [5, 5.41) is 5.18. The largest absolute Gasteiger partial charge is 0.306 e. The highest BCUT2D eigenvalue weighted by atomic mass is 79.9. The van der Waals surface area contributed by atoms with E-state index in [0.717, 1.165) is 23.9 Å². The van der Waals surface area contributed by atoms with Crippen LogP contribution in [0.5, 0.6) is 0 Å². The molecule has 2 rings (SSSR count). The van der Waals surface area contributed by atoms with Crippen LogP contribution in [0.15, 0.2) is 5.10 Å². The average molecular weight is 273 g/mol. The van der Waals surface area contributed by atoms with Gasteiger partial charge in [0.05, 0.1) is 17.7 Å². The van der Waals surface area contributed by atoms with Gasteiger partial charge in [-0.15, -0.1) is 0 Å². The fraction of sp³-hybridized carbons (Fsp3) is 0.818. The minimum atomic E-state index is 0.0515. The zero-order valence-electron chi connectivity index (χ0n) is 9.22. The molecule has 0 bridgehead atoms. The zero-order chi connectivity index (χ0) is 11.1. The number of Topliss-reactive ketones (excluding diaryl/α,β-unsaturated/α-hetero) is 1. The molecule has 4 heteroatoms. The first-order chi connectivity index (χ1) is 7.03. The molecule has 0 unspecified atom stereocenters. The van der Waals surface area contributed by atoms with Gasteiger partial charge in [0.2, 0.25) is 0 Å². The van der Waals surface area contributed by atoms with Crippen molar-refractivity contribution in [3.8, 4) is 0 Å². The van der Waals surface area contributed by atoms with Crippen molar-refractivity contribution in [3.05, 3.63) is 0 Å². The number of hydrazone groups is 1. The molecule has 0 aromatic heterocycles. The lowest BCUT2D eigenvalue weighted by Gasteiger charge is -2.36. The summed E-state index contributed by atoms with van der Waals surface area (Å²) in [6.07, 6.45) is 2.61. The number of hydrogen-bond donors (Lipinski definition) is 1. The summed E-state index contributed by atoms with van der Waals surface area (Å²) in [7, 11) is 0. The third kappa shape index (κ3) is 2.10. The van der Waals surface area contributed by atoms with Gasteiger partial charge in [0.25, 0.3) is 0 Å². The van der Waals surface area contributed by atoms with Crippen LogP contribution in [0.3, 0.4) is 0 Å². The van der Waals surface area contributed by atoms with Gasteiger partial charge in [0, 0.05) is 11.8 Å². The summed E-state index contributed by atoms with van der Waals surface area (Å²) in [6.45, 7) is 4.32. The third-order valence-electron chi connectivity index (χ3n) is 3.26. The lowest BCUT2D eigenvalue weighted by molar-refractivity contribution is -0.126. The SMILES string of the molecule is CC1(C)CC(=O)[C@@H]2C(CCBr)=NN[C@H]2C1. The Morgan fingerprint density at radius 2 is 2.33 bits per heavy atom. The van der Waals surface area contributed by atoms with Crippen LogP contribution in [0.1, 0.15) is 33.1 Å². The van der Waals surface area contributed by atoms with E-state index in [2.05, 4.69) is 40.3 Å². The van der Waals surface area contributed by atoms with E-state index < -0.39 is 0 Å². The Morgan fingerprint density at radius 3 is 3.00 bits per heavy atom. The van der Waals surface area contributed by atoms with E-state index in [9.17, 15) is 4.79 Å². The van der Waals surface area contributed by atoms with E-state index in [0.29, 0.717) is 12.2 Å². The summed E-state index contributed by atoms with van der Waals surface area (Å²) >= 11 is 3.40. The van der Waals surface area contributed by atoms with E-state index in [4.69, 9.17) is 0 Å². The maximum atomic E-state index is 12.0. The molecule has 0 spiro atoms. The molecule has 1 N–H and O–H groups in total. The summed E-state index contributed by atoms with van der Waals surface area (Å²) in [6, 6.07) is 0.246. The number of ketones is 1. The van der Waals surface area contributed by atoms with Crippen molar-refractivity contribution in [2.45, 2.75) is 39.2 Å². The standard InChI is InChI=1S/C11H17BrN2O/c1-11(2)5-8-10(9(15)6-11)7(3-4-12)13-14-8/h8,10,14H,3-6H2,1-2H3/t8-,10+/m0/s1. The Morgan fingerprint density at radius 1 is 1.60 bits per heavy atom. The molecule has 0 aromatic carbocycles. The number of nitrogens with zero attached hydrogens (tertiary/aromatic N) is 1. The molecule has 1 fully saturated rings. The van der Waals surface area contributed by atoms with Crippen LogP contribution in [0.25, 0.3) is 0 Å². The minimum Gasteiger partial charge on any atom is -0.306 e. The number of carbonyl (C=O) groups is 1. The van der Waals surface area contributed by atoms with Crippen LogP contribution in [-0.4, -0.2) is 22.9 Å². The van der Waals surface area contributed by atoms with Crippen molar-refractivity contribution >= 4 is 27.4 Å². The van der Waals surface area contributed by atoms with Crippen LogP contribution in [0.4, 0.5) is 0 Å². The number of fused-ring (bicyclic) bond motifs is 1. The normalized spacial score (nSPS) is 33.3. The Balaban J connectivity index is 2.14. The Hall–Kier alpha value is -0.380. The van der Waals surface area contributed by atoms with Gasteiger partial charge >= 0.3 is 0 Å². The number of carbonyl (C=O) groups excluding carboxylic acids is 1.